The van der Waals surface area contributed by atoms with Crippen molar-refractivity contribution in [3.8, 4) is 0 Å². The van der Waals surface area contributed by atoms with Gasteiger partial charge in [-0.25, -0.2) is 4.98 Å². The van der Waals surface area contributed by atoms with E-state index in [1.54, 1.807) is 6.92 Å². The van der Waals surface area contributed by atoms with Gasteiger partial charge in [0.25, 0.3) is 5.56 Å². The number of benzene rings is 1. The number of nitrogens with one attached hydrogen (secondary N) is 1. The van der Waals surface area contributed by atoms with Crippen LogP contribution in [0.2, 0.25) is 0 Å². The van der Waals surface area contributed by atoms with Crippen molar-refractivity contribution in [3.63, 3.8) is 0 Å². The third kappa shape index (κ3) is 3.68. The number of halogens is 1. The molecule has 1 atom stereocenters. The second-order valence-corrected chi connectivity index (χ2v) is 6.16. The van der Waals surface area contributed by atoms with E-state index in [1.807, 2.05) is 25.1 Å². The Balaban J connectivity index is 2.30. The van der Waals surface area contributed by atoms with Gasteiger partial charge in [0, 0.05) is 27.2 Å². The number of aromatic nitrogens is 2. The van der Waals surface area contributed by atoms with Crippen molar-refractivity contribution in [1.29, 1.82) is 0 Å². The maximum absolute atomic E-state index is 11.4. The van der Waals surface area contributed by atoms with E-state index in [2.05, 4.69) is 25.9 Å². The first-order chi connectivity index (χ1) is 8.95. The highest BCUT2D eigenvalue weighted by Gasteiger charge is 2.08. The summed E-state index contributed by atoms with van der Waals surface area (Å²) < 4.78 is 0.941. The van der Waals surface area contributed by atoms with E-state index in [4.69, 9.17) is 5.73 Å². The van der Waals surface area contributed by atoms with Crippen molar-refractivity contribution >= 4 is 27.7 Å². The van der Waals surface area contributed by atoms with Crippen LogP contribution in [0.15, 0.2) is 43.6 Å². The number of aryl methyl sites for hydroxylation is 1. The van der Waals surface area contributed by atoms with E-state index < -0.39 is 0 Å². The van der Waals surface area contributed by atoms with Crippen molar-refractivity contribution in [2.24, 2.45) is 5.73 Å². The molecule has 0 aliphatic rings. The zero-order chi connectivity index (χ0) is 14.0. The largest absolute Gasteiger partial charge is 0.324 e. The number of rotatable bonds is 3. The molecule has 0 bridgehead atoms. The van der Waals surface area contributed by atoms with Crippen LogP contribution >= 0.6 is 27.7 Å². The molecule has 0 radical (unpaired) electrons. The van der Waals surface area contributed by atoms with Gasteiger partial charge in [-0.15, -0.1) is 0 Å². The Hall–Kier alpha value is -1.11. The first-order valence-corrected chi connectivity index (χ1v) is 7.37. The molecule has 19 heavy (non-hydrogen) atoms. The van der Waals surface area contributed by atoms with Crippen LogP contribution in [0, 0.1) is 6.92 Å². The number of nitrogens with two attached hydrogens (primary N) is 1. The third-order valence-corrected chi connectivity index (χ3v) is 4.42. The van der Waals surface area contributed by atoms with Crippen LogP contribution in [0.1, 0.15) is 24.2 Å². The lowest BCUT2D eigenvalue weighted by Gasteiger charge is -2.09. The zero-order valence-electron chi connectivity index (χ0n) is 10.6. The van der Waals surface area contributed by atoms with Gasteiger partial charge in [-0.05, 0) is 47.5 Å². The molecule has 1 aromatic heterocycles. The molecule has 0 saturated heterocycles. The lowest BCUT2D eigenvalue weighted by molar-refractivity contribution is 0.815. The quantitative estimate of drug-likeness (QED) is 0.843. The summed E-state index contributed by atoms with van der Waals surface area (Å²) in [4.78, 5) is 19.4. The summed E-state index contributed by atoms with van der Waals surface area (Å²) in [6.45, 7) is 3.74. The Morgan fingerprint density at radius 1 is 1.42 bits per heavy atom. The molecule has 2 rings (SSSR count). The molecule has 3 N–H and O–H groups in total. The van der Waals surface area contributed by atoms with Crippen LogP contribution in [0.25, 0.3) is 0 Å². The van der Waals surface area contributed by atoms with Crippen molar-refractivity contribution in [2.45, 2.75) is 29.9 Å². The Morgan fingerprint density at radius 3 is 2.74 bits per heavy atom. The topological polar surface area (TPSA) is 71.8 Å². The molecular formula is C13H14BrN3OS. The average Bonchev–Trinajstić information content (AvgIpc) is 2.30. The molecule has 2 aromatic rings. The van der Waals surface area contributed by atoms with Gasteiger partial charge in [0.15, 0.2) is 5.16 Å². The molecule has 0 saturated carbocycles. The Morgan fingerprint density at radius 2 is 2.16 bits per heavy atom. The van der Waals surface area contributed by atoms with Gasteiger partial charge in [-0.2, -0.15) is 0 Å². The van der Waals surface area contributed by atoms with Gasteiger partial charge in [0.1, 0.15) is 0 Å². The smallest absolute Gasteiger partial charge is 0.251 e. The Kier molecular flexibility index (Phi) is 4.44. The molecule has 100 valence electrons. The summed E-state index contributed by atoms with van der Waals surface area (Å²) >= 11 is 4.92. The summed E-state index contributed by atoms with van der Waals surface area (Å²) in [6, 6.07) is 7.40. The molecule has 0 aliphatic heterocycles. The lowest BCUT2D eigenvalue weighted by atomic mass is 10.1. The van der Waals surface area contributed by atoms with Crippen molar-refractivity contribution in [1.82, 2.24) is 9.97 Å². The molecule has 4 nitrogen and oxygen atoms in total. The third-order valence-electron chi connectivity index (χ3n) is 2.54. The zero-order valence-corrected chi connectivity index (χ0v) is 13.0. The standard InChI is InChI=1S/C13H14BrN3OS/c1-7-5-12(18)17-13(16-7)19-11-4-3-9(8(2)15)6-10(11)14/h3-6,8H,15H2,1-2H3,(H,16,17,18)/t8-/m0/s1. The minimum absolute atomic E-state index is 0.00717. The van der Waals surface area contributed by atoms with Gasteiger partial charge in [0.05, 0.1) is 0 Å². The fraction of sp³-hybridized carbons (Fsp3) is 0.231. The van der Waals surface area contributed by atoms with Gasteiger partial charge in [-0.1, -0.05) is 17.8 Å². The monoisotopic (exact) mass is 339 g/mol. The Bertz CT molecular complexity index is 655. The van der Waals surface area contributed by atoms with Crippen LogP contribution in [0.5, 0.6) is 0 Å². The summed E-state index contributed by atoms with van der Waals surface area (Å²) in [5.41, 5.74) is 7.46. The van der Waals surface area contributed by atoms with Crippen LogP contribution in [-0.4, -0.2) is 9.97 Å². The van der Waals surface area contributed by atoms with E-state index >= 15 is 0 Å². The molecule has 0 aliphatic carbocycles. The average molecular weight is 340 g/mol. The fourth-order valence-corrected chi connectivity index (χ4v) is 3.07. The lowest BCUT2D eigenvalue weighted by Crippen LogP contribution is -2.08. The minimum atomic E-state index is -0.140. The van der Waals surface area contributed by atoms with E-state index in [9.17, 15) is 4.79 Å². The molecule has 0 spiro atoms. The van der Waals surface area contributed by atoms with E-state index in [-0.39, 0.29) is 11.6 Å². The van der Waals surface area contributed by atoms with E-state index in [0.717, 1.165) is 14.9 Å². The molecule has 1 heterocycles. The van der Waals surface area contributed by atoms with Crippen molar-refractivity contribution < 1.29 is 0 Å². The summed E-state index contributed by atoms with van der Waals surface area (Å²) in [7, 11) is 0. The van der Waals surface area contributed by atoms with Crippen LogP contribution in [0.3, 0.4) is 0 Å². The van der Waals surface area contributed by atoms with E-state index in [0.29, 0.717) is 10.9 Å². The number of H-pyrrole nitrogens is 1. The minimum Gasteiger partial charge on any atom is -0.324 e. The van der Waals surface area contributed by atoms with Gasteiger partial charge in [0.2, 0.25) is 0 Å². The summed E-state index contributed by atoms with van der Waals surface area (Å²) in [5.74, 6) is 0. The van der Waals surface area contributed by atoms with Crippen LogP contribution < -0.4 is 11.3 Å². The number of nitrogens with zero attached hydrogens (tertiary/aromatic N) is 1. The highest BCUT2D eigenvalue weighted by Crippen LogP contribution is 2.32. The van der Waals surface area contributed by atoms with Crippen LogP contribution in [0.4, 0.5) is 0 Å². The predicted octanol–water partition coefficient (Wildman–Crippen LogP) is 3.01. The number of aromatic amines is 1. The first kappa shape index (κ1) is 14.3. The SMILES string of the molecule is Cc1cc(=O)[nH]c(Sc2ccc([C@H](C)N)cc2Br)n1. The predicted molar refractivity (Wildman–Crippen MR) is 80.5 cm³/mol. The molecule has 0 amide bonds. The van der Waals surface area contributed by atoms with Gasteiger partial charge >= 0.3 is 0 Å². The second kappa shape index (κ2) is 5.90. The second-order valence-electron chi connectivity index (χ2n) is 4.27. The Labute approximate surface area is 124 Å². The maximum atomic E-state index is 11.4. The molecule has 0 unspecified atom stereocenters. The normalized spacial score (nSPS) is 12.4. The molecule has 1 aromatic carbocycles. The molecule has 0 fully saturated rings. The number of hydrogen-bond donors (Lipinski definition) is 2. The van der Waals surface area contributed by atoms with E-state index in [1.165, 1.54) is 17.8 Å². The summed E-state index contributed by atoms with van der Waals surface area (Å²) in [6.07, 6.45) is 0. The fourth-order valence-electron chi connectivity index (χ4n) is 1.59. The first-order valence-electron chi connectivity index (χ1n) is 5.76. The summed E-state index contributed by atoms with van der Waals surface area (Å²) in [5, 5.41) is 0.583. The van der Waals surface area contributed by atoms with Gasteiger partial charge < -0.3 is 10.7 Å². The highest BCUT2D eigenvalue weighted by molar-refractivity contribution is 9.10. The van der Waals surface area contributed by atoms with Gasteiger partial charge in [-0.3, -0.25) is 4.79 Å². The highest BCUT2D eigenvalue weighted by atomic mass is 79.9. The number of hydrogen-bond acceptors (Lipinski definition) is 4. The molecule has 6 heteroatoms. The molecular weight excluding hydrogens is 326 g/mol. The van der Waals surface area contributed by atoms with Crippen LogP contribution in [-0.2, 0) is 0 Å². The van der Waals surface area contributed by atoms with Crippen molar-refractivity contribution in [3.05, 3.63) is 50.3 Å². The maximum Gasteiger partial charge on any atom is 0.251 e. The van der Waals surface area contributed by atoms with Crippen molar-refractivity contribution in [2.75, 3.05) is 0 Å².